The summed E-state index contributed by atoms with van der Waals surface area (Å²) in [5.74, 6) is -0.0357. The van der Waals surface area contributed by atoms with Gasteiger partial charge in [-0.2, -0.15) is 13.2 Å². The molecule has 1 amide bonds. The number of halogens is 3. The average molecular weight is 462 g/mol. The van der Waals surface area contributed by atoms with E-state index in [1.165, 1.54) is 12.1 Å². The average Bonchev–Trinajstić information content (AvgIpc) is 2.82. The molecule has 0 saturated carbocycles. The number of aliphatic hydroxyl groups excluding tert-OH is 1. The van der Waals surface area contributed by atoms with Crippen LogP contribution in [0.4, 0.5) is 18.9 Å². The van der Waals surface area contributed by atoms with Crippen molar-refractivity contribution in [1.82, 2.24) is 10.2 Å². The van der Waals surface area contributed by atoms with Crippen LogP contribution < -0.4 is 10.2 Å². The number of β-amino-alcohol motifs (C(OH)–C–C–N with tert-alkyl or cyclic N) is 1. The zero-order chi connectivity index (χ0) is 23.4. The van der Waals surface area contributed by atoms with Gasteiger partial charge in [0.25, 0.3) is 5.91 Å². The molecule has 1 atom stereocenters. The molecule has 4 rings (SSSR count). The lowest BCUT2D eigenvalue weighted by Gasteiger charge is -2.34. The van der Waals surface area contributed by atoms with Crippen LogP contribution in [0.5, 0.6) is 0 Å². The lowest BCUT2D eigenvalue weighted by atomic mass is 10.0. The molecular formula is C25H30F3N3O2. The van der Waals surface area contributed by atoms with Crippen LogP contribution in [0.25, 0.3) is 0 Å². The summed E-state index contributed by atoms with van der Waals surface area (Å²) >= 11 is 0. The zero-order valence-electron chi connectivity index (χ0n) is 18.5. The van der Waals surface area contributed by atoms with Gasteiger partial charge in [-0.15, -0.1) is 0 Å². The maximum Gasteiger partial charge on any atom is 0.416 e. The molecule has 0 spiro atoms. The maximum atomic E-state index is 12.7. The predicted molar refractivity (Wildman–Crippen MR) is 121 cm³/mol. The molecule has 2 aromatic carbocycles. The second-order valence-corrected chi connectivity index (χ2v) is 8.93. The molecule has 5 nitrogen and oxygen atoms in total. The molecule has 2 aromatic rings. The van der Waals surface area contributed by atoms with Crippen molar-refractivity contribution in [2.75, 3.05) is 31.1 Å². The van der Waals surface area contributed by atoms with E-state index in [-0.39, 0.29) is 5.91 Å². The number of alkyl halides is 3. The number of piperidine rings is 2. The quantitative estimate of drug-likeness (QED) is 0.705. The summed E-state index contributed by atoms with van der Waals surface area (Å²) in [5.41, 5.74) is 1.93. The first-order valence-corrected chi connectivity index (χ1v) is 11.5. The number of amides is 1. The molecule has 2 N–H and O–H groups in total. The number of nitrogens with zero attached hydrogens (tertiary/aromatic N) is 2. The topological polar surface area (TPSA) is 55.8 Å². The highest BCUT2D eigenvalue weighted by Crippen LogP contribution is 2.29. The standard InChI is InChI=1S/C25H30F3N3O2/c26-25(27,28)20-7-3-18(4-8-20)16-29-21-11-14-30(15-12-21)22-9-5-19(6-10-22)24(33)31-13-1-2-23(32)17-31/h3-10,21,23,29,32H,1-2,11-17H2. The van der Waals surface area contributed by atoms with Gasteiger partial charge in [0.05, 0.1) is 11.7 Å². The number of carbonyl (C=O) groups excluding carboxylic acids is 1. The largest absolute Gasteiger partial charge is 0.416 e. The molecule has 2 fully saturated rings. The third kappa shape index (κ3) is 6.06. The molecule has 2 aliphatic rings. The van der Waals surface area contributed by atoms with Crippen LogP contribution in [0.3, 0.4) is 0 Å². The number of hydrogen-bond donors (Lipinski definition) is 2. The fraction of sp³-hybridized carbons (Fsp3) is 0.480. The zero-order valence-corrected chi connectivity index (χ0v) is 18.5. The van der Waals surface area contributed by atoms with Gasteiger partial charge in [-0.25, -0.2) is 0 Å². The van der Waals surface area contributed by atoms with Crippen LogP contribution in [0, 0.1) is 0 Å². The minimum absolute atomic E-state index is 0.0357. The molecule has 0 radical (unpaired) electrons. The van der Waals surface area contributed by atoms with Crippen molar-refractivity contribution >= 4 is 11.6 Å². The van der Waals surface area contributed by atoms with Crippen molar-refractivity contribution in [2.45, 2.75) is 50.6 Å². The van der Waals surface area contributed by atoms with E-state index in [0.717, 1.165) is 62.2 Å². The van der Waals surface area contributed by atoms with Gasteiger partial charge in [-0.05, 0) is 67.6 Å². The molecule has 2 aliphatic heterocycles. The van der Waals surface area contributed by atoms with Gasteiger partial charge in [-0.3, -0.25) is 4.79 Å². The Kier molecular flexibility index (Phi) is 7.24. The molecule has 33 heavy (non-hydrogen) atoms. The number of carbonyl (C=O) groups is 1. The number of nitrogens with one attached hydrogen (secondary N) is 1. The van der Waals surface area contributed by atoms with Crippen molar-refractivity contribution < 1.29 is 23.1 Å². The van der Waals surface area contributed by atoms with E-state index in [2.05, 4.69) is 10.2 Å². The third-order valence-corrected chi connectivity index (χ3v) is 6.53. The molecule has 1 unspecified atom stereocenters. The molecule has 0 bridgehead atoms. The van der Waals surface area contributed by atoms with Crippen molar-refractivity contribution in [3.8, 4) is 0 Å². The Morgan fingerprint density at radius 3 is 2.24 bits per heavy atom. The van der Waals surface area contributed by atoms with Gasteiger partial charge in [0.2, 0.25) is 0 Å². The van der Waals surface area contributed by atoms with Crippen LogP contribution in [-0.2, 0) is 12.7 Å². The van der Waals surface area contributed by atoms with E-state index >= 15 is 0 Å². The number of likely N-dealkylation sites (tertiary alicyclic amines) is 1. The maximum absolute atomic E-state index is 12.7. The Bertz CT molecular complexity index is 923. The monoisotopic (exact) mass is 461 g/mol. The highest BCUT2D eigenvalue weighted by molar-refractivity contribution is 5.94. The van der Waals surface area contributed by atoms with E-state index in [9.17, 15) is 23.1 Å². The van der Waals surface area contributed by atoms with Crippen molar-refractivity contribution in [3.05, 3.63) is 65.2 Å². The number of benzene rings is 2. The summed E-state index contributed by atoms with van der Waals surface area (Å²) in [4.78, 5) is 16.7. The van der Waals surface area contributed by atoms with Gasteiger partial charge in [0, 0.05) is 50.0 Å². The molecule has 0 aromatic heterocycles. The smallest absolute Gasteiger partial charge is 0.391 e. The van der Waals surface area contributed by atoms with E-state index < -0.39 is 17.8 Å². The molecule has 8 heteroatoms. The van der Waals surface area contributed by atoms with Crippen LogP contribution >= 0.6 is 0 Å². The van der Waals surface area contributed by atoms with Gasteiger partial charge < -0.3 is 20.2 Å². The summed E-state index contributed by atoms with van der Waals surface area (Å²) in [5, 5.41) is 13.3. The fourth-order valence-electron chi connectivity index (χ4n) is 4.55. The van der Waals surface area contributed by atoms with Crippen LogP contribution in [0.2, 0.25) is 0 Å². The summed E-state index contributed by atoms with van der Waals surface area (Å²) in [7, 11) is 0. The van der Waals surface area contributed by atoms with E-state index in [1.54, 1.807) is 4.90 Å². The minimum atomic E-state index is -4.31. The van der Waals surface area contributed by atoms with Crippen molar-refractivity contribution in [1.29, 1.82) is 0 Å². The number of aliphatic hydroxyl groups is 1. The second-order valence-electron chi connectivity index (χ2n) is 8.93. The van der Waals surface area contributed by atoms with Crippen LogP contribution in [-0.4, -0.2) is 54.2 Å². The van der Waals surface area contributed by atoms with E-state index in [0.29, 0.717) is 31.2 Å². The number of rotatable bonds is 5. The Hall–Kier alpha value is -2.58. The predicted octanol–water partition coefficient (Wildman–Crippen LogP) is 4.06. The lowest BCUT2D eigenvalue weighted by molar-refractivity contribution is -0.137. The first-order valence-electron chi connectivity index (χ1n) is 11.5. The lowest BCUT2D eigenvalue weighted by Crippen LogP contribution is -2.42. The SMILES string of the molecule is O=C(c1ccc(N2CCC(NCc3ccc(C(F)(F)F)cc3)CC2)cc1)N1CCCC(O)C1. The molecule has 2 saturated heterocycles. The Balaban J connectivity index is 1.24. The minimum Gasteiger partial charge on any atom is -0.391 e. The van der Waals surface area contributed by atoms with E-state index in [1.807, 2.05) is 24.3 Å². The van der Waals surface area contributed by atoms with Gasteiger partial charge in [0.15, 0.2) is 0 Å². The Labute approximate surface area is 192 Å². The summed E-state index contributed by atoms with van der Waals surface area (Å²) in [6, 6.07) is 13.3. The molecule has 178 valence electrons. The number of anilines is 1. The summed E-state index contributed by atoms with van der Waals surface area (Å²) in [6.07, 6.45) is -1.29. The first kappa shape index (κ1) is 23.6. The second kappa shape index (κ2) is 10.1. The highest BCUT2D eigenvalue weighted by atomic mass is 19.4. The molecule has 0 aliphatic carbocycles. The molecule has 2 heterocycles. The molecular weight excluding hydrogens is 431 g/mol. The highest BCUT2D eigenvalue weighted by Gasteiger charge is 2.30. The summed E-state index contributed by atoms with van der Waals surface area (Å²) < 4.78 is 38.1. The third-order valence-electron chi connectivity index (χ3n) is 6.53. The van der Waals surface area contributed by atoms with Gasteiger partial charge >= 0.3 is 6.18 Å². The normalized spacial score (nSPS) is 20.2. The summed E-state index contributed by atoms with van der Waals surface area (Å²) in [6.45, 7) is 3.37. The Morgan fingerprint density at radius 1 is 0.970 bits per heavy atom. The van der Waals surface area contributed by atoms with Crippen molar-refractivity contribution in [2.24, 2.45) is 0 Å². The van der Waals surface area contributed by atoms with Gasteiger partial charge in [-0.1, -0.05) is 12.1 Å². The van der Waals surface area contributed by atoms with E-state index in [4.69, 9.17) is 0 Å². The fourth-order valence-corrected chi connectivity index (χ4v) is 4.55. The number of hydrogen-bond acceptors (Lipinski definition) is 4. The Morgan fingerprint density at radius 2 is 1.64 bits per heavy atom. The van der Waals surface area contributed by atoms with Crippen molar-refractivity contribution in [3.63, 3.8) is 0 Å². The van der Waals surface area contributed by atoms with Crippen LogP contribution in [0.15, 0.2) is 48.5 Å². The van der Waals surface area contributed by atoms with Crippen LogP contribution in [0.1, 0.15) is 47.2 Å². The van der Waals surface area contributed by atoms with Gasteiger partial charge in [0.1, 0.15) is 0 Å². The first-order chi connectivity index (χ1) is 15.8.